The van der Waals surface area contributed by atoms with Crippen LogP contribution in [0, 0.1) is 28.6 Å². The van der Waals surface area contributed by atoms with Crippen molar-refractivity contribution in [3.05, 3.63) is 0 Å². The fourth-order valence-electron chi connectivity index (χ4n) is 8.64. The van der Waals surface area contributed by atoms with Gasteiger partial charge in [-0.25, -0.2) is 0 Å². The predicted octanol–water partition coefficient (Wildman–Crippen LogP) is 0.526. The van der Waals surface area contributed by atoms with E-state index in [0.717, 1.165) is 0 Å². The van der Waals surface area contributed by atoms with E-state index in [4.69, 9.17) is 18.9 Å². The number of hydrogen-bond donors (Lipinski definition) is 2. The van der Waals surface area contributed by atoms with Crippen molar-refractivity contribution in [3.63, 3.8) is 0 Å². The highest BCUT2D eigenvalue weighted by Crippen LogP contribution is 2.79. The Hall–Kier alpha value is -1.22. The van der Waals surface area contributed by atoms with Crippen molar-refractivity contribution in [2.24, 2.45) is 28.6 Å². The highest BCUT2D eigenvalue weighted by molar-refractivity contribution is 5.85. The molecule has 29 heavy (non-hydrogen) atoms. The molecule has 0 radical (unpaired) electrons. The van der Waals surface area contributed by atoms with Gasteiger partial charge in [-0.15, -0.1) is 0 Å². The number of hydrogen-bond acceptors (Lipinski definition) is 8. The minimum Gasteiger partial charge on any atom is -0.469 e. The third-order valence-electron chi connectivity index (χ3n) is 9.58. The van der Waals surface area contributed by atoms with Gasteiger partial charge in [0, 0.05) is 18.3 Å². The zero-order chi connectivity index (χ0) is 20.4. The number of rotatable bonds is 1. The molecule has 4 bridgehead atoms. The molecular weight excluding hydrogens is 380 g/mol. The molecular formula is C21H28O8. The first-order chi connectivity index (χ1) is 13.7. The van der Waals surface area contributed by atoms with Gasteiger partial charge in [0.05, 0.1) is 37.8 Å². The highest BCUT2D eigenvalue weighted by Gasteiger charge is 2.87. The zero-order valence-electron chi connectivity index (χ0n) is 16.8. The number of aliphatic hydroxyl groups is 2. The lowest BCUT2D eigenvalue weighted by Gasteiger charge is -2.46. The Morgan fingerprint density at radius 2 is 1.90 bits per heavy atom. The van der Waals surface area contributed by atoms with E-state index in [0.29, 0.717) is 51.7 Å². The summed E-state index contributed by atoms with van der Waals surface area (Å²) >= 11 is 0. The average Bonchev–Trinajstić information content (AvgIpc) is 3.33. The van der Waals surface area contributed by atoms with E-state index in [1.807, 2.05) is 0 Å². The quantitative estimate of drug-likeness (QED) is 0.605. The Morgan fingerprint density at radius 3 is 2.59 bits per heavy atom. The van der Waals surface area contributed by atoms with Gasteiger partial charge in [0.2, 0.25) is 0 Å². The van der Waals surface area contributed by atoms with Gasteiger partial charge in [-0.2, -0.15) is 0 Å². The summed E-state index contributed by atoms with van der Waals surface area (Å²) in [7, 11) is 1.35. The van der Waals surface area contributed by atoms with Crippen molar-refractivity contribution in [2.45, 2.75) is 68.5 Å². The van der Waals surface area contributed by atoms with Gasteiger partial charge in [-0.3, -0.25) is 9.59 Å². The molecule has 4 saturated carbocycles. The van der Waals surface area contributed by atoms with Gasteiger partial charge in [0.1, 0.15) is 11.2 Å². The lowest BCUT2D eigenvalue weighted by atomic mass is 9.59. The Bertz CT molecular complexity index is 807. The van der Waals surface area contributed by atoms with Crippen LogP contribution < -0.4 is 0 Å². The fraction of sp³-hybridized carbons (Fsp3) is 0.905. The number of ether oxygens (including phenoxy) is 4. The summed E-state index contributed by atoms with van der Waals surface area (Å²) in [5.41, 5.74) is -3.80. The van der Waals surface area contributed by atoms with Crippen LogP contribution in [0.15, 0.2) is 0 Å². The zero-order valence-corrected chi connectivity index (χ0v) is 16.8. The van der Waals surface area contributed by atoms with Gasteiger partial charge in [0.15, 0.2) is 5.79 Å². The van der Waals surface area contributed by atoms with E-state index >= 15 is 0 Å². The van der Waals surface area contributed by atoms with E-state index in [2.05, 4.69) is 0 Å². The maximum atomic E-state index is 13.3. The number of fused-ring (bicyclic) bond motifs is 2. The molecule has 6 rings (SSSR count). The van der Waals surface area contributed by atoms with Gasteiger partial charge < -0.3 is 29.2 Å². The number of esters is 2. The lowest BCUT2D eigenvalue weighted by molar-refractivity contribution is -0.255. The molecule has 6 fully saturated rings. The molecule has 2 heterocycles. The van der Waals surface area contributed by atoms with E-state index in [1.54, 1.807) is 6.92 Å². The number of carbonyl (C=O) groups excluding carboxylic acids is 2. The second-order valence-corrected chi connectivity index (χ2v) is 10.3. The fourth-order valence-corrected chi connectivity index (χ4v) is 8.64. The summed E-state index contributed by atoms with van der Waals surface area (Å²) in [5.74, 6) is -3.20. The first-order valence-corrected chi connectivity index (χ1v) is 10.7. The molecule has 6 aliphatic rings. The van der Waals surface area contributed by atoms with Crippen LogP contribution in [0.2, 0.25) is 0 Å². The first kappa shape index (κ1) is 18.5. The number of carbonyl (C=O) groups is 2. The van der Waals surface area contributed by atoms with Crippen LogP contribution >= 0.6 is 0 Å². The number of methoxy groups -OCH3 is 1. The molecule has 8 atom stereocenters. The van der Waals surface area contributed by atoms with Crippen molar-refractivity contribution in [1.82, 2.24) is 0 Å². The molecule has 0 aromatic rings. The molecule has 160 valence electrons. The first-order valence-electron chi connectivity index (χ1n) is 10.7. The molecule has 0 unspecified atom stereocenters. The molecule has 0 aromatic carbocycles. The molecule has 2 saturated heterocycles. The van der Waals surface area contributed by atoms with Crippen LogP contribution in [0.3, 0.4) is 0 Å². The maximum absolute atomic E-state index is 13.3. The van der Waals surface area contributed by atoms with Crippen LogP contribution in [-0.4, -0.2) is 65.6 Å². The summed E-state index contributed by atoms with van der Waals surface area (Å²) < 4.78 is 23.4. The van der Waals surface area contributed by atoms with Crippen LogP contribution in [0.1, 0.15) is 45.4 Å². The molecule has 2 N–H and O–H groups in total. The Kier molecular flexibility index (Phi) is 3.29. The summed E-state index contributed by atoms with van der Waals surface area (Å²) in [5, 5.41) is 22.4. The molecule has 0 amide bonds. The second-order valence-electron chi connectivity index (χ2n) is 10.3. The molecule has 4 aliphatic carbocycles. The molecule has 2 aliphatic heterocycles. The van der Waals surface area contributed by atoms with Crippen molar-refractivity contribution in [2.75, 3.05) is 20.3 Å². The van der Waals surface area contributed by atoms with E-state index in [-0.39, 0.29) is 5.92 Å². The lowest BCUT2D eigenvalue weighted by Crippen LogP contribution is -2.54. The van der Waals surface area contributed by atoms with Crippen LogP contribution in [0.4, 0.5) is 0 Å². The topological polar surface area (TPSA) is 112 Å². The Labute approximate surface area is 168 Å². The van der Waals surface area contributed by atoms with Crippen LogP contribution in [0.25, 0.3) is 0 Å². The summed E-state index contributed by atoms with van der Waals surface area (Å²) in [6.07, 6.45) is 1.93. The monoisotopic (exact) mass is 408 g/mol. The van der Waals surface area contributed by atoms with Crippen molar-refractivity contribution < 1.29 is 38.7 Å². The normalized spacial score (nSPS) is 56.2. The van der Waals surface area contributed by atoms with Crippen LogP contribution in [-0.2, 0) is 28.5 Å². The predicted molar refractivity (Wildman–Crippen MR) is 95.1 cm³/mol. The standard InChI is InChI=1S/C21H28O8/c1-17-12(22)4-6-20(29-16(17)24)11-3-5-19(25)9-18(11,10-21(19)27-7-8-28-21)13(14(17)20)15(23)26-2/h11-14,22,25H,3-10H2,1-2H3/t11-,12-,13-,14-,17-,18-,19+,20-/m1/s1. The average molecular weight is 408 g/mol. The molecule has 8 nitrogen and oxygen atoms in total. The third-order valence-corrected chi connectivity index (χ3v) is 9.58. The summed E-state index contributed by atoms with van der Waals surface area (Å²) in [6.45, 7) is 2.55. The minimum absolute atomic E-state index is 0.102. The largest absolute Gasteiger partial charge is 0.469 e. The smallest absolute Gasteiger partial charge is 0.315 e. The van der Waals surface area contributed by atoms with E-state index in [1.165, 1.54) is 7.11 Å². The number of aliphatic hydroxyl groups excluding tert-OH is 1. The molecule has 0 aromatic heterocycles. The molecule has 2 spiro atoms. The van der Waals surface area contributed by atoms with Crippen molar-refractivity contribution in [1.29, 1.82) is 0 Å². The highest BCUT2D eigenvalue weighted by atomic mass is 16.8. The minimum atomic E-state index is -1.18. The van der Waals surface area contributed by atoms with Crippen LogP contribution in [0.5, 0.6) is 0 Å². The Morgan fingerprint density at radius 1 is 1.17 bits per heavy atom. The van der Waals surface area contributed by atoms with Crippen molar-refractivity contribution in [3.8, 4) is 0 Å². The summed E-state index contributed by atoms with van der Waals surface area (Å²) in [4.78, 5) is 26.3. The van der Waals surface area contributed by atoms with Crippen molar-refractivity contribution >= 4 is 11.9 Å². The summed E-state index contributed by atoms with van der Waals surface area (Å²) in [6, 6.07) is 0. The third kappa shape index (κ3) is 1.72. The van der Waals surface area contributed by atoms with Gasteiger partial charge in [-0.1, -0.05) is 0 Å². The molecule has 8 heteroatoms. The second kappa shape index (κ2) is 5.15. The maximum Gasteiger partial charge on any atom is 0.315 e. The van der Waals surface area contributed by atoms with E-state index in [9.17, 15) is 19.8 Å². The SMILES string of the molecule is COC(=O)[C@H]1[C@H]2[C@@]3(CC[C@@H](O)[C@@]2(C)C(=O)O3)[C@@H]2CC[C@]3(O)C[C@@]21CC31OCCO1. The van der Waals surface area contributed by atoms with Gasteiger partial charge in [0.25, 0.3) is 0 Å². The Balaban J connectivity index is 1.57. The van der Waals surface area contributed by atoms with Gasteiger partial charge >= 0.3 is 11.9 Å². The van der Waals surface area contributed by atoms with E-state index < -0.39 is 57.7 Å². The van der Waals surface area contributed by atoms with Gasteiger partial charge in [-0.05, 0) is 44.4 Å².